The van der Waals surface area contributed by atoms with E-state index in [4.69, 9.17) is 0 Å². The second-order valence-corrected chi connectivity index (χ2v) is 3.53. The smallest absolute Gasteiger partial charge is 0.308 e. The summed E-state index contributed by atoms with van der Waals surface area (Å²) < 4.78 is 17.7. The number of ketones is 1. The number of carbonyl (C=O) groups excluding carboxylic acids is 2. The third-order valence-corrected chi connectivity index (χ3v) is 2.27. The molecule has 3 nitrogen and oxygen atoms in total. The number of benzene rings is 1. The Morgan fingerprint density at radius 3 is 2.56 bits per heavy atom. The highest BCUT2D eigenvalue weighted by Crippen LogP contribution is 2.13. The first-order valence-corrected chi connectivity index (χ1v) is 4.91. The van der Waals surface area contributed by atoms with Gasteiger partial charge in [0, 0.05) is 6.42 Å². The largest absolute Gasteiger partial charge is 0.469 e. The lowest BCUT2D eigenvalue weighted by Gasteiger charge is -2.08. The number of methoxy groups -OCH3 is 1. The molecule has 1 rings (SSSR count). The third-order valence-electron chi connectivity index (χ3n) is 2.27. The Morgan fingerprint density at radius 2 is 2.00 bits per heavy atom. The van der Waals surface area contributed by atoms with E-state index in [1.54, 1.807) is 13.0 Å². The fourth-order valence-electron chi connectivity index (χ4n) is 1.36. The maximum Gasteiger partial charge on any atom is 0.308 e. The number of Topliss-reactive ketones (excluding diaryl/α,β-unsaturated/α-hetero) is 1. The molecule has 16 heavy (non-hydrogen) atoms. The highest BCUT2D eigenvalue weighted by Gasteiger charge is 2.20. The zero-order valence-corrected chi connectivity index (χ0v) is 9.20. The monoisotopic (exact) mass is 224 g/mol. The highest BCUT2D eigenvalue weighted by atomic mass is 19.1. The van der Waals surface area contributed by atoms with Gasteiger partial charge in [0.15, 0.2) is 5.78 Å². The van der Waals surface area contributed by atoms with E-state index in [0.717, 1.165) is 0 Å². The SMILES string of the molecule is COC(=O)C(C)CC(=O)c1ccccc1F. The minimum absolute atomic E-state index is 0.0123. The van der Waals surface area contributed by atoms with Crippen molar-refractivity contribution >= 4 is 11.8 Å². The van der Waals surface area contributed by atoms with Crippen LogP contribution in [0, 0.1) is 11.7 Å². The fourth-order valence-corrected chi connectivity index (χ4v) is 1.36. The number of rotatable bonds is 4. The fraction of sp³-hybridized carbons (Fsp3) is 0.333. The molecule has 4 heteroatoms. The second-order valence-electron chi connectivity index (χ2n) is 3.53. The van der Waals surface area contributed by atoms with Crippen molar-refractivity contribution in [2.45, 2.75) is 13.3 Å². The van der Waals surface area contributed by atoms with E-state index in [0.29, 0.717) is 0 Å². The number of carbonyl (C=O) groups is 2. The van der Waals surface area contributed by atoms with E-state index in [-0.39, 0.29) is 12.0 Å². The Kier molecular flexibility index (Phi) is 4.17. The van der Waals surface area contributed by atoms with Gasteiger partial charge in [0.2, 0.25) is 0 Å². The van der Waals surface area contributed by atoms with Crippen LogP contribution in [0.4, 0.5) is 4.39 Å². The molecule has 0 radical (unpaired) electrons. The summed E-state index contributed by atoms with van der Waals surface area (Å²) in [5, 5.41) is 0. The number of hydrogen-bond acceptors (Lipinski definition) is 3. The van der Waals surface area contributed by atoms with Crippen LogP contribution in [-0.2, 0) is 9.53 Å². The van der Waals surface area contributed by atoms with Crippen LogP contribution in [0.1, 0.15) is 23.7 Å². The zero-order chi connectivity index (χ0) is 12.1. The molecule has 1 aromatic rings. The standard InChI is InChI=1S/C12H13FO3/c1-8(12(15)16-2)7-11(14)9-5-3-4-6-10(9)13/h3-6,8H,7H2,1-2H3. The Balaban J connectivity index is 2.73. The zero-order valence-electron chi connectivity index (χ0n) is 9.20. The molecule has 0 aliphatic rings. The van der Waals surface area contributed by atoms with Crippen molar-refractivity contribution in [1.29, 1.82) is 0 Å². The van der Waals surface area contributed by atoms with Crippen molar-refractivity contribution < 1.29 is 18.7 Å². The molecular formula is C12H13FO3. The second kappa shape index (κ2) is 5.39. The molecule has 0 aliphatic heterocycles. The highest BCUT2D eigenvalue weighted by molar-refractivity contribution is 5.98. The van der Waals surface area contributed by atoms with Gasteiger partial charge in [-0.2, -0.15) is 0 Å². The molecule has 0 fully saturated rings. The molecule has 86 valence electrons. The van der Waals surface area contributed by atoms with E-state index in [9.17, 15) is 14.0 Å². The van der Waals surface area contributed by atoms with Crippen LogP contribution < -0.4 is 0 Å². The van der Waals surface area contributed by atoms with Crippen LogP contribution in [0.2, 0.25) is 0 Å². The van der Waals surface area contributed by atoms with Crippen molar-refractivity contribution in [2.75, 3.05) is 7.11 Å². The number of esters is 1. The summed E-state index contributed by atoms with van der Waals surface area (Å²) in [4.78, 5) is 22.7. The van der Waals surface area contributed by atoms with Crippen LogP contribution in [0.5, 0.6) is 0 Å². The summed E-state index contributed by atoms with van der Waals surface area (Å²) in [5.41, 5.74) is 0.0123. The van der Waals surface area contributed by atoms with E-state index >= 15 is 0 Å². The first kappa shape index (κ1) is 12.4. The lowest BCUT2D eigenvalue weighted by molar-refractivity contribution is -0.144. The van der Waals surface area contributed by atoms with Crippen molar-refractivity contribution in [2.24, 2.45) is 5.92 Å². The first-order chi connectivity index (χ1) is 7.56. The summed E-state index contributed by atoms with van der Waals surface area (Å²) in [6, 6.07) is 5.71. The van der Waals surface area contributed by atoms with Crippen LogP contribution in [0.15, 0.2) is 24.3 Å². The average Bonchev–Trinajstić information content (AvgIpc) is 2.28. The molecule has 0 amide bonds. The molecule has 0 saturated heterocycles. The van der Waals surface area contributed by atoms with E-state index in [2.05, 4.69) is 4.74 Å². The topological polar surface area (TPSA) is 43.4 Å². The summed E-state index contributed by atoms with van der Waals surface area (Å²) in [6.07, 6.45) is -0.0480. The van der Waals surface area contributed by atoms with Gasteiger partial charge in [-0.15, -0.1) is 0 Å². The normalized spacial score (nSPS) is 11.9. The van der Waals surface area contributed by atoms with Crippen LogP contribution in [-0.4, -0.2) is 18.9 Å². The van der Waals surface area contributed by atoms with Crippen LogP contribution in [0.25, 0.3) is 0 Å². The quantitative estimate of drug-likeness (QED) is 0.581. The van der Waals surface area contributed by atoms with Crippen molar-refractivity contribution in [1.82, 2.24) is 0 Å². The van der Waals surface area contributed by atoms with Crippen molar-refractivity contribution in [3.8, 4) is 0 Å². The summed E-state index contributed by atoms with van der Waals surface area (Å²) in [6.45, 7) is 1.57. The van der Waals surface area contributed by atoms with Crippen LogP contribution in [0.3, 0.4) is 0 Å². The Morgan fingerprint density at radius 1 is 1.38 bits per heavy atom. The minimum Gasteiger partial charge on any atom is -0.469 e. The number of ether oxygens (including phenoxy) is 1. The van der Waals surface area contributed by atoms with E-state index < -0.39 is 23.5 Å². The molecule has 0 heterocycles. The summed E-state index contributed by atoms with van der Waals surface area (Å²) in [5.74, 6) is -1.98. The molecule has 0 aliphatic carbocycles. The maximum atomic E-state index is 13.2. The van der Waals surface area contributed by atoms with Gasteiger partial charge in [-0.3, -0.25) is 9.59 Å². The number of halogens is 1. The maximum absolute atomic E-state index is 13.2. The van der Waals surface area contributed by atoms with Crippen LogP contribution >= 0.6 is 0 Å². The summed E-state index contributed by atoms with van der Waals surface area (Å²) in [7, 11) is 1.26. The predicted octanol–water partition coefficient (Wildman–Crippen LogP) is 2.21. The van der Waals surface area contributed by atoms with Gasteiger partial charge < -0.3 is 4.74 Å². The lowest BCUT2D eigenvalue weighted by Crippen LogP contribution is -2.17. The minimum atomic E-state index is -0.565. The van der Waals surface area contributed by atoms with Gasteiger partial charge in [0.1, 0.15) is 5.82 Å². The predicted molar refractivity (Wildman–Crippen MR) is 56.5 cm³/mol. The number of hydrogen-bond donors (Lipinski definition) is 0. The van der Waals surface area contributed by atoms with Gasteiger partial charge >= 0.3 is 5.97 Å². The summed E-state index contributed by atoms with van der Waals surface area (Å²) >= 11 is 0. The average molecular weight is 224 g/mol. The van der Waals surface area contributed by atoms with E-state index in [1.165, 1.54) is 25.3 Å². The molecule has 0 aromatic heterocycles. The van der Waals surface area contributed by atoms with Crippen molar-refractivity contribution in [3.05, 3.63) is 35.6 Å². The first-order valence-electron chi connectivity index (χ1n) is 4.91. The Hall–Kier alpha value is -1.71. The lowest BCUT2D eigenvalue weighted by atomic mass is 9.99. The van der Waals surface area contributed by atoms with Gasteiger partial charge in [-0.05, 0) is 12.1 Å². The van der Waals surface area contributed by atoms with E-state index in [1.807, 2.05) is 0 Å². The Labute approximate surface area is 93.2 Å². The molecule has 1 unspecified atom stereocenters. The third kappa shape index (κ3) is 2.89. The molecule has 0 spiro atoms. The Bertz CT molecular complexity index is 401. The molecule has 1 aromatic carbocycles. The van der Waals surface area contributed by atoms with Gasteiger partial charge in [-0.25, -0.2) is 4.39 Å². The van der Waals surface area contributed by atoms with Gasteiger partial charge in [-0.1, -0.05) is 19.1 Å². The molecule has 0 N–H and O–H groups in total. The van der Waals surface area contributed by atoms with Gasteiger partial charge in [0.25, 0.3) is 0 Å². The molecule has 0 bridgehead atoms. The molecule has 1 atom stereocenters. The van der Waals surface area contributed by atoms with Gasteiger partial charge in [0.05, 0.1) is 18.6 Å². The molecule has 0 saturated carbocycles. The molecular weight excluding hydrogens is 211 g/mol. The van der Waals surface area contributed by atoms with Crippen molar-refractivity contribution in [3.63, 3.8) is 0 Å².